The number of fused-ring (bicyclic) bond motifs is 4. The predicted molar refractivity (Wildman–Crippen MR) is 131 cm³/mol. The summed E-state index contributed by atoms with van der Waals surface area (Å²) < 4.78 is 10.9. The first kappa shape index (κ1) is 20.5. The van der Waals surface area contributed by atoms with Crippen molar-refractivity contribution in [1.29, 1.82) is 0 Å². The molecule has 6 aromatic rings. The standard InChI is InChI=1S/C27H15N3O5/c31-25(15-8-2-1-3-9-15)30-24-21-22(17-11-5-7-13-20(17)35-27(21)33)28-23(29-24)18-14-16-10-4-6-12-19(16)34-26(18)32/h1-14H,(H,28,29,30,31). The molecule has 8 heteroatoms. The molecule has 8 nitrogen and oxygen atoms in total. The van der Waals surface area contributed by atoms with Crippen molar-refractivity contribution < 1.29 is 13.6 Å². The number of benzene rings is 3. The molecule has 0 radical (unpaired) electrons. The summed E-state index contributed by atoms with van der Waals surface area (Å²) >= 11 is 0. The highest BCUT2D eigenvalue weighted by molar-refractivity contribution is 6.11. The highest BCUT2D eigenvalue weighted by atomic mass is 16.4. The number of nitrogens with one attached hydrogen (secondary N) is 1. The van der Waals surface area contributed by atoms with Crippen LogP contribution in [-0.4, -0.2) is 15.9 Å². The second-order valence-corrected chi connectivity index (χ2v) is 7.81. The Bertz CT molecular complexity index is 1890. The van der Waals surface area contributed by atoms with Crippen LogP contribution in [0.15, 0.2) is 103 Å². The Hall–Kier alpha value is -5.11. The number of amides is 1. The predicted octanol–water partition coefficient (Wildman–Crippen LogP) is 4.76. The van der Waals surface area contributed by atoms with Crippen LogP contribution in [0.3, 0.4) is 0 Å². The number of hydrogen-bond acceptors (Lipinski definition) is 7. The van der Waals surface area contributed by atoms with E-state index in [1.165, 1.54) is 0 Å². The second-order valence-electron chi connectivity index (χ2n) is 7.81. The van der Waals surface area contributed by atoms with Gasteiger partial charge in [-0.2, -0.15) is 0 Å². The molecule has 3 aromatic heterocycles. The van der Waals surface area contributed by atoms with Gasteiger partial charge >= 0.3 is 11.3 Å². The van der Waals surface area contributed by atoms with Crippen LogP contribution in [0, 0.1) is 0 Å². The summed E-state index contributed by atoms with van der Waals surface area (Å²) in [7, 11) is 0. The lowest BCUT2D eigenvalue weighted by atomic mass is 10.1. The van der Waals surface area contributed by atoms with Gasteiger partial charge in [-0.05, 0) is 36.4 Å². The fourth-order valence-electron chi connectivity index (χ4n) is 3.95. The molecule has 0 saturated carbocycles. The molecule has 1 amide bonds. The maximum Gasteiger partial charge on any atom is 0.349 e. The van der Waals surface area contributed by atoms with Gasteiger partial charge in [-0.1, -0.05) is 48.5 Å². The third kappa shape index (κ3) is 3.53. The minimum absolute atomic E-state index is 0.00177. The number of hydrogen-bond donors (Lipinski definition) is 1. The van der Waals surface area contributed by atoms with Crippen LogP contribution in [-0.2, 0) is 0 Å². The van der Waals surface area contributed by atoms with Gasteiger partial charge in [0.25, 0.3) is 5.91 Å². The Morgan fingerprint density at radius 1 is 0.743 bits per heavy atom. The van der Waals surface area contributed by atoms with E-state index in [1.54, 1.807) is 78.9 Å². The zero-order valence-corrected chi connectivity index (χ0v) is 18.0. The molecule has 6 rings (SSSR count). The van der Waals surface area contributed by atoms with Gasteiger partial charge in [-0.15, -0.1) is 0 Å². The molecule has 0 spiro atoms. The van der Waals surface area contributed by atoms with Crippen molar-refractivity contribution in [3.8, 4) is 11.4 Å². The Labute approximate surface area is 196 Å². The van der Waals surface area contributed by atoms with Crippen LogP contribution in [0.1, 0.15) is 10.4 Å². The summed E-state index contributed by atoms with van der Waals surface area (Å²) in [6.07, 6.45) is 0. The van der Waals surface area contributed by atoms with E-state index in [2.05, 4.69) is 15.3 Å². The summed E-state index contributed by atoms with van der Waals surface area (Å²) in [4.78, 5) is 47.7. The van der Waals surface area contributed by atoms with Crippen molar-refractivity contribution in [3.05, 3.63) is 111 Å². The van der Waals surface area contributed by atoms with E-state index in [0.717, 1.165) is 0 Å². The number of carbonyl (C=O) groups excluding carboxylic acids is 1. The maximum atomic E-state index is 12.9. The van der Waals surface area contributed by atoms with Crippen LogP contribution < -0.4 is 16.6 Å². The van der Waals surface area contributed by atoms with Gasteiger partial charge in [-0.25, -0.2) is 19.6 Å². The first-order valence-electron chi connectivity index (χ1n) is 10.7. The van der Waals surface area contributed by atoms with Gasteiger partial charge in [0.2, 0.25) is 0 Å². The van der Waals surface area contributed by atoms with E-state index in [9.17, 15) is 14.4 Å². The van der Waals surface area contributed by atoms with E-state index >= 15 is 0 Å². The molecule has 168 valence electrons. The summed E-state index contributed by atoms with van der Waals surface area (Å²) in [5.41, 5.74) is 0.105. The zero-order chi connectivity index (χ0) is 23.9. The minimum atomic E-state index is -0.709. The average molecular weight is 461 g/mol. The Morgan fingerprint density at radius 2 is 1.43 bits per heavy atom. The van der Waals surface area contributed by atoms with Gasteiger partial charge in [-0.3, -0.25) is 4.79 Å². The van der Waals surface area contributed by atoms with Crippen molar-refractivity contribution >= 4 is 44.6 Å². The third-order valence-electron chi connectivity index (χ3n) is 5.61. The fourth-order valence-corrected chi connectivity index (χ4v) is 3.95. The fraction of sp³-hybridized carbons (Fsp3) is 0. The molecular formula is C27H15N3O5. The second kappa shape index (κ2) is 8.03. The monoisotopic (exact) mass is 461 g/mol. The summed E-state index contributed by atoms with van der Waals surface area (Å²) in [6, 6.07) is 24.1. The van der Waals surface area contributed by atoms with Gasteiger partial charge in [0, 0.05) is 16.3 Å². The van der Waals surface area contributed by atoms with Crippen molar-refractivity contribution in [2.45, 2.75) is 0 Å². The lowest BCUT2D eigenvalue weighted by Gasteiger charge is -2.11. The number of aromatic nitrogens is 2. The highest BCUT2D eigenvalue weighted by Crippen LogP contribution is 2.28. The summed E-state index contributed by atoms with van der Waals surface area (Å²) in [6.45, 7) is 0. The van der Waals surface area contributed by atoms with Crippen molar-refractivity contribution in [2.24, 2.45) is 0 Å². The number of anilines is 1. The van der Waals surface area contributed by atoms with E-state index < -0.39 is 17.2 Å². The first-order valence-corrected chi connectivity index (χ1v) is 10.7. The maximum absolute atomic E-state index is 12.9. The van der Waals surface area contributed by atoms with Gasteiger partial charge in [0.05, 0.1) is 5.52 Å². The Kier molecular flexibility index (Phi) is 4.70. The van der Waals surface area contributed by atoms with Gasteiger partial charge < -0.3 is 14.2 Å². The van der Waals surface area contributed by atoms with Crippen molar-refractivity contribution in [2.75, 3.05) is 5.32 Å². The van der Waals surface area contributed by atoms with Crippen LogP contribution in [0.4, 0.5) is 5.82 Å². The molecule has 0 saturated heterocycles. The number of para-hydroxylation sites is 2. The van der Waals surface area contributed by atoms with E-state index in [0.29, 0.717) is 27.5 Å². The summed E-state index contributed by atoms with van der Waals surface area (Å²) in [5.74, 6) is -0.531. The average Bonchev–Trinajstić information content (AvgIpc) is 2.88. The Balaban J connectivity index is 1.65. The van der Waals surface area contributed by atoms with E-state index in [-0.39, 0.29) is 28.1 Å². The lowest BCUT2D eigenvalue weighted by molar-refractivity contribution is 0.102. The molecule has 0 atom stereocenters. The quantitative estimate of drug-likeness (QED) is 0.298. The number of rotatable bonds is 3. The zero-order valence-electron chi connectivity index (χ0n) is 18.0. The van der Waals surface area contributed by atoms with Gasteiger partial charge in [0.15, 0.2) is 11.6 Å². The largest absolute Gasteiger partial charge is 0.422 e. The number of carbonyl (C=O) groups is 1. The Morgan fingerprint density at radius 3 is 2.26 bits per heavy atom. The van der Waals surface area contributed by atoms with Gasteiger partial charge in [0.1, 0.15) is 22.1 Å². The molecule has 0 aliphatic heterocycles. The molecule has 0 aliphatic rings. The number of nitrogens with zero attached hydrogens (tertiary/aromatic N) is 2. The van der Waals surface area contributed by atoms with E-state index in [1.807, 2.05) is 6.07 Å². The van der Waals surface area contributed by atoms with Crippen LogP contribution >= 0.6 is 0 Å². The molecule has 3 aromatic carbocycles. The molecular weight excluding hydrogens is 446 g/mol. The first-order chi connectivity index (χ1) is 17.1. The smallest absolute Gasteiger partial charge is 0.349 e. The van der Waals surface area contributed by atoms with Crippen molar-refractivity contribution in [3.63, 3.8) is 0 Å². The third-order valence-corrected chi connectivity index (χ3v) is 5.61. The highest BCUT2D eigenvalue weighted by Gasteiger charge is 2.21. The molecule has 1 N–H and O–H groups in total. The molecule has 35 heavy (non-hydrogen) atoms. The van der Waals surface area contributed by atoms with Crippen molar-refractivity contribution in [1.82, 2.24) is 9.97 Å². The molecule has 0 unspecified atom stereocenters. The van der Waals surface area contributed by atoms with E-state index in [4.69, 9.17) is 8.83 Å². The lowest BCUT2D eigenvalue weighted by Crippen LogP contribution is -2.17. The molecule has 0 aliphatic carbocycles. The van der Waals surface area contributed by atoms with Crippen LogP contribution in [0.5, 0.6) is 0 Å². The molecule has 0 bridgehead atoms. The minimum Gasteiger partial charge on any atom is -0.422 e. The molecule has 0 fully saturated rings. The van der Waals surface area contributed by atoms with Crippen LogP contribution in [0.25, 0.3) is 44.2 Å². The normalized spacial score (nSPS) is 11.2. The summed E-state index contributed by atoms with van der Waals surface area (Å²) in [5, 5.41) is 3.90. The topological polar surface area (TPSA) is 115 Å². The SMILES string of the molecule is O=C(Nc1nc(-c2cc3ccccc3oc2=O)nc2c1c(=O)oc1ccccc12)c1ccccc1. The van der Waals surface area contributed by atoms with Crippen LogP contribution in [0.2, 0.25) is 0 Å². The molecule has 3 heterocycles.